The zero-order valence-electron chi connectivity index (χ0n) is 16.6. The van der Waals surface area contributed by atoms with E-state index in [1.54, 1.807) is 6.20 Å². The van der Waals surface area contributed by atoms with Crippen molar-refractivity contribution in [3.8, 4) is 0 Å². The highest BCUT2D eigenvalue weighted by atomic mass is 16.1. The molecule has 1 aliphatic heterocycles. The van der Waals surface area contributed by atoms with E-state index in [0.29, 0.717) is 11.5 Å². The molecule has 0 radical (unpaired) electrons. The maximum Gasteiger partial charge on any atom is 0.296 e. The van der Waals surface area contributed by atoms with Crippen LogP contribution >= 0.6 is 0 Å². The van der Waals surface area contributed by atoms with Crippen molar-refractivity contribution in [1.82, 2.24) is 24.5 Å². The number of para-hydroxylation sites is 1. The Bertz CT molecular complexity index is 1180. The van der Waals surface area contributed by atoms with Crippen molar-refractivity contribution < 1.29 is 0 Å². The fourth-order valence-electron chi connectivity index (χ4n) is 3.32. The van der Waals surface area contributed by atoms with Gasteiger partial charge in [-0.05, 0) is 17.7 Å². The molecule has 28 heavy (non-hydrogen) atoms. The maximum absolute atomic E-state index is 13.0. The number of aromatic nitrogens is 5. The fourth-order valence-corrected chi connectivity index (χ4v) is 3.32. The smallest absolute Gasteiger partial charge is 0.296 e. The summed E-state index contributed by atoms with van der Waals surface area (Å²) < 4.78 is 2.85. The average Bonchev–Trinajstić information content (AvgIpc) is 3.18. The van der Waals surface area contributed by atoms with Crippen molar-refractivity contribution >= 4 is 17.2 Å². The lowest BCUT2D eigenvalue weighted by molar-refractivity contribution is 0.533. The summed E-state index contributed by atoms with van der Waals surface area (Å²) in [5.74, 6) is 0.318. The quantitative estimate of drug-likeness (QED) is 0.758. The van der Waals surface area contributed by atoms with Gasteiger partial charge in [-0.3, -0.25) is 15.2 Å². The summed E-state index contributed by atoms with van der Waals surface area (Å²) in [5, 5.41) is 12.2. The van der Waals surface area contributed by atoms with Crippen molar-refractivity contribution in [3.63, 3.8) is 0 Å². The second kappa shape index (κ2) is 6.12. The molecule has 0 unspecified atom stereocenters. The van der Waals surface area contributed by atoms with Crippen LogP contribution in [0.3, 0.4) is 0 Å². The van der Waals surface area contributed by atoms with Gasteiger partial charge in [0.25, 0.3) is 11.3 Å². The first kappa shape index (κ1) is 18.1. The van der Waals surface area contributed by atoms with E-state index in [1.165, 1.54) is 21.1 Å². The largest absolute Gasteiger partial charge is 0.296 e. The topological polar surface area (TPSA) is 89.5 Å². The standard InChI is InChI=1S/C20H23N7O/c1-19(2,3)16-17(28)27(18-24-21-12-26(18)25-16)22-11-10-15-20(4,5)13-8-6-7-9-14(13)23-15/h6-12,22H,1-5H3. The minimum atomic E-state index is -0.415. The van der Waals surface area contributed by atoms with E-state index in [9.17, 15) is 4.79 Å². The summed E-state index contributed by atoms with van der Waals surface area (Å²) in [7, 11) is 0. The van der Waals surface area contributed by atoms with Gasteiger partial charge in [-0.2, -0.15) is 14.3 Å². The molecule has 3 heterocycles. The number of fused-ring (bicyclic) bond motifs is 2. The highest BCUT2D eigenvalue weighted by Crippen LogP contribution is 2.39. The van der Waals surface area contributed by atoms with E-state index in [4.69, 9.17) is 4.99 Å². The van der Waals surface area contributed by atoms with Crippen LogP contribution in [0.5, 0.6) is 0 Å². The van der Waals surface area contributed by atoms with E-state index in [0.717, 1.165) is 11.4 Å². The van der Waals surface area contributed by atoms with Crippen LogP contribution in [0, 0.1) is 0 Å². The van der Waals surface area contributed by atoms with Crippen molar-refractivity contribution in [3.05, 3.63) is 64.5 Å². The molecular weight excluding hydrogens is 354 g/mol. The Hall–Kier alpha value is -3.29. The molecule has 1 aliphatic rings. The van der Waals surface area contributed by atoms with E-state index in [-0.39, 0.29) is 11.0 Å². The second-order valence-electron chi connectivity index (χ2n) is 8.42. The number of benzene rings is 1. The summed E-state index contributed by atoms with van der Waals surface area (Å²) in [5.41, 5.74) is 5.64. The monoisotopic (exact) mass is 377 g/mol. The van der Waals surface area contributed by atoms with Gasteiger partial charge < -0.3 is 0 Å². The SMILES string of the molecule is CC(C)(C)c1nn2cnnc2n(NC=CC2=Nc3ccccc3C2(C)C)c1=O. The molecule has 0 fully saturated rings. The van der Waals surface area contributed by atoms with Gasteiger partial charge in [0, 0.05) is 17.0 Å². The molecule has 0 atom stereocenters. The molecule has 0 aliphatic carbocycles. The van der Waals surface area contributed by atoms with E-state index in [2.05, 4.69) is 40.6 Å². The molecule has 0 saturated heterocycles. The Balaban J connectivity index is 1.70. The molecule has 1 aromatic carbocycles. The predicted octanol–water partition coefficient (Wildman–Crippen LogP) is 2.70. The van der Waals surface area contributed by atoms with Crippen LogP contribution in [0.1, 0.15) is 45.9 Å². The number of nitrogens with one attached hydrogen (secondary N) is 1. The molecule has 0 spiro atoms. The lowest BCUT2D eigenvalue weighted by Gasteiger charge is -2.20. The molecular formula is C20H23N7O. The maximum atomic E-state index is 13.0. The van der Waals surface area contributed by atoms with Gasteiger partial charge in [0.15, 0.2) is 0 Å². The zero-order chi connectivity index (χ0) is 20.1. The van der Waals surface area contributed by atoms with Crippen LogP contribution in [0.25, 0.3) is 5.78 Å². The first-order valence-corrected chi connectivity index (χ1v) is 9.15. The third kappa shape index (κ3) is 2.81. The Morgan fingerprint density at radius 2 is 1.93 bits per heavy atom. The lowest BCUT2D eigenvalue weighted by Crippen LogP contribution is -2.37. The van der Waals surface area contributed by atoms with Gasteiger partial charge in [-0.15, -0.1) is 10.2 Å². The highest BCUT2D eigenvalue weighted by molar-refractivity contribution is 6.08. The van der Waals surface area contributed by atoms with Gasteiger partial charge in [0.1, 0.15) is 12.0 Å². The first-order chi connectivity index (χ1) is 13.2. The molecule has 1 N–H and O–H groups in total. The van der Waals surface area contributed by atoms with Gasteiger partial charge in [-0.1, -0.05) is 52.8 Å². The van der Waals surface area contributed by atoms with Crippen LogP contribution in [-0.2, 0) is 10.8 Å². The molecule has 3 aromatic rings. The van der Waals surface area contributed by atoms with Gasteiger partial charge >= 0.3 is 0 Å². The van der Waals surface area contributed by atoms with E-state index in [1.807, 2.05) is 45.0 Å². The van der Waals surface area contributed by atoms with Crippen molar-refractivity contribution in [2.24, 2.45) is 4.99 Å². The van der Waals surface area contributed by atoms with Gasteiger partial charge in [-0.25, -0.2) is 0 Å². The Morgan fingerprint density at radius 3 is 2.64 bits per heavy atom. The second-order valence-corrected chi connectivity index (χ2v) is 8.42. The highest BCUT2D eigenvalue weighted by Gasteiger charge is 2.33. The number of allylic oxidation sites excluding steroid dienone is 1. The van der Waals surface area contributed by atoms with Gasteiger partial charge in [0.2, 0.25) is 0 Å². The lowest BCUT2D eigenvalue weighted by atomic mass is 9.81. The molecule has 2 aromatic heterocycles. The minimum absolute atomic E-state index is 0.210. The van der Waals surface area contributed by atoms with Crippen LogP contribution < -0.4 is 11.0 Å². The summed E-state index contributed by atoms with van der Waals surface area (Å²) >= 11 is 0. The predicted molar refractivity (Wildman–Crippen MR) is 109 cm³/mol. The molecule has 4 rings (SSSR count). The van der Waals surface area contributed by atoms with Crippen molar-refractivity contribution in [2.45, 2.75) is 45.4 Å². The van der Waals surface area contributed by atoms with Crippen LogP contribution in [-0.4, -0.2) is 30.2 Å². The third-order valence-electron chi connectivity index (χ3n) is 4.94. The summed E-state index contributed by atoms with van der Waals surface area (Å²) in [6, 6.07) is 8.10. The van der Waals surface area contributed by atoms with E-state index < -0.39 is 5.41 Å². The Kier molecular flexibility index (Phi) is 3.95. The number of rotatable bonds is 3. The Labute approximate surface area is 162 Å². The average molecular weight is 377 g/mol. The molecule has 144 valence electrons. The fraction of sp³-hybridized carbons (Fsp3) is 0.350. The summed E-state index contributed by atoms with van der Waals surface area (Å²) in [6.07, 6.45) is 5.07. The van der Waals surface area contributed by atoms with Crippen LogP contribution in [0.2, 0.25) is 0 Å². The number of hydrogen-bond acceptors (Lipinski definition) is 6. The van der Waals surface area contributed by atoms with Crippen molar-refractivity contribution in [1.29, 1.82) is 0 Å². The van der Waals surface area contributed by atoms with Crippen molar-refractivity contribution in [2.75, 3.05) is 5.43 Å². The minimum Gasteiger partial charge on any atom is -0.296 e. The van der Waals surface area contributed by atoms with Gasteiger partial charge in [0.05, 0.1) is 11.4 Å². The number of nitrogens with zero attached hydrogens (tertiary/aromatic N) is 6. The normalized spacial score (nSPS) is 15.8. The van der Waals surface area contributed by atoms with Crippen LogP contribution in [0.4, 0.5) is 5.69 Å². The molecule has 0 bridgehead atoms. The first-order valence-electron chi connectivity index (χ1n) is 9.15. The van der Waals surface area contributed by atoms with E-state index >= 15 is 0 Å². The molecule has 8 heteroatoms. The molecule has 0 saturated carbocycles. The number of aliphatic imine (C=N–C) groups is 1. The number of hydrogen-bond donors (Lipinski definition) is 1. The Morgan fingerprint density at radius 1 is 1.18 bits per heavy atom. The van der Waals surface area contributed by atoms with Crippen LogP contribution in [0.15, 0.2) is 52.7 Å². The summed E-state index contributed by atoms with van der Waals surface area (Å²) in [6.45, 7) is 10.1. The summed E-state index contributed by atoms with van der Waals surface area (Å²) in [4.78, 5) is 17.7. The third-order valence-corrected chi connectivity index (χ3v) is 4.94. The molecule has 8 nitrogen and oxygen atoms in total. The zero-order valence-corrected chi connectivity index (χ0v) is 16.6. The molecule has 0 amide bonds.